The Kier molecular flexibility index (Phi) is 4.51. The molecule has 0 saturated heterocycles. The summed E-state index contributed by atoms with van der Waals surface area (Å²) in [4.78, 5) is 17.9. The Morgan fingerprint density at radius 1 is 1.50 bits per heavy atom. The number of halogens is 1. The van der Waals surface area contributed by atoms with Crippen molar-refractivity contribution < 1.29 is 14.3 Å². The molecule has 20 heavy (non-hydrogen) atoms. The summed E-state index contributed by atoms with van der Waals surface area (Å²) < 4.78 is 13.9. The lowest BCUT2D eigenvalue weighted by atomic mass is 10.1. The van der Waals surface area contributed by atoms with Crippen LogP contribution in [0.4, 0.5) is 4.39 Å². The first-order valence-corrected chi connectivity index (χ1v) is 6.79. The van der Waals surface area contributed by atoms with Crippen molar-refractivity contribution in [1.82, 2.24) is 15.3 Å². The molecule has 1 atom stereocenters. The third-order valence-electron chi connectivity index (χ3n) is 3.14. The average molecular weight is 297 g/mol. The van der Waals surface area contributed by atoms with Gasteiger partial charge in [-0.05, 0) is 37.2 Å². The molecular formula is C13H16FN3O2S. The Bertz CT molecular complexity index is 680. The van der Waals surface area contributed by atoms with Crippen LogP contribution < -0.4 is 5.32 Å². The first kappa shape index (κ1) is 14.7. The van der Waals surface area contributed by atoms with Crippen LogP contribution in [0.3, 0.4) is 0 Å². The molecule has 1 amide bonds. The van der Waals surface area contributed by atoms with E-state index in [1.807, 2.05) is 6.92 Å². The molecule has 0 radical (unpaired) electrons. The van der Waals surface area contributed by atoms with Crippen molar-refractivity contribution in [2.24, 2.45) is 0 Å². The highest BCUT2D eigenvalue weighted by Gasteiger charge is 2.16. The number of amides is 1. The van der Waals surface area contributed by atoms with Crippen LogP contribution in [-0.4, -0.2) is 33.6 Å². The fourth-order valence-electron chi connectivity index (χ4n) is 2.08. The monoisotopic (exact) mass is 297 g/mol. The van der Waals surface area contributed by atoms with E-state index in [0.717, 1.165) is 0 Å². The molecule has 5 nitrogen and oxygen atoms in total. The number of imidazole rings is 1. The van der Waals surface area contributed by atoms with Gasteiger partial charge in [-0.1, -0.05) is 6.92 Å². The highest BCUT2D eigenvalue weighted by Crippen LogP contribution is 2.18. The number of H-pyrrole nitrogens is 2. The van der Waals surface area contributed by atoms with Crippen LogP contribution in [0.1, 0.15) is 30.1 Å². The smallest absolute Gasteiger partial charge is 0.253 e. The summed E-state index contributed by atoms with van der Waals surface area (Å²) in [7, 11) is 0. The Labute approximate surface area is 120 Å². The van der Waals surface area contributed by atoms with E-state index in [0.29, 0.717) is 28.6 Å². The molecule has 0 fully saturated rings. The van der Waals surface area contributed by atoms with Gasteiger partial charge in [0.05, 0.1) is 16.6 Å². The van der Waals surface area contributed by atoms with E-state index in [1.54, 1.807) is 0 Å². The Hall–Kier alpha value is -1.73. The maximum atomic E-state index is 13.5. The third kappa shape index (κ3) is 3.05. The summed E-state index contributed by atoms with van der Waals surface area (Å²) in [6.07, 6.45) is 1.15. The lowest BCUT2D eigenvalue weighted by Crippen LogP contribution is -2.35. The highest BCUT2D eigenvalue weighted by molar-refractivity contribution is 7.71. The highest BCUT2D eigenvalue weighted by atomic mass is 32.1. The van der Waals surface area contributed by atoms with Crippen LogP contribution in [0.15, 0.2) is 12.1 Å². The summed E-state index contributed by atoms with van der Waals surface area (Å²) in [6.45, 7) is 1.90. The van der Waals surface area contributed by atoms with Gasteiger partial charge in [0.2, 0.25) is 0 Å². The molecule has 4 N–H and O–H groups in total. The fraction of sp³-hybridized carbons (Fsp3) is 0.385. The SMILES string of the molecule is CCC(CCO)NC(=O)c1cc(F)cc2[nH]c(=S)[nH]c12. The largest absolute Gasteiger partial charge is 0.396 e. The average Bonchev–Trinajstić information content (AvgIpc) is 2.77. The van der Waals surface area contributed by atoms with Gasteiger partial charge >= 0.3 is 0 Å². The van der Waals surface area contributed by atoms with E-state index < -0.39 is 5.82 Å². The molecule has 1 aromatic carbocycles. The number of hydrogen-bond donors (Lipinski definition) is 4. The summed E-state index contributed by atoms with van der Waals surface area (Å²) in [5.41, 5.74) is 1.13. The Balaban J connectivity index is 2.36. The molecule has 1 heterocycles. The zero-order valence-electron chi connectivity index (χ0n) is 11.0. The van der Waals surface area contributed by atoms with Crippen LogP contribution in [0.5, 0.6) is 0 Å². The molecule has 1 aromatic heterocycles. The number of benzene rings is 1. The van der Waals surface area contributed by atoms with E-state index in [9.17, 15) is 9.18 Å². The van der Waals surface area contributed by atoms with Crippen molar-refractivity contribution in [3.05, 3.63) is 28.3 Å². The van der Waals surface area contributed by atoms with Crippen LogP contribution in [0.25, 0.3) is 11.0 Å². The normalized spacial score (nSPS) is 12.6. The van der Waals surface area contributed by atoms with Crippen molar-refractivity contribution in [3.63, 3.8) is 0 Å². The Morgan fingerprint density at radius 3 is 2.90 bits per heavy atom. The number of fused-ring (bicyclic) bond motifs is 1. The number of aromatic nitrogens is 2. The second kappa shape index (κ2) is 6.15. The van der Waals surface area contributed by atoms with Crippen molar-refractivity contribution in [2.75, 3.05) is 6.61 Å². The molecule has 0 aliphatic rings. The molecule has 7 heteroatoms. The number of aromatic amines is 2. The summed E-state index contributed by atoms with van der Waals surface area (Å²) >= 11 is 4.96. The van der Waals surface area contributed by atoms with Gasteiger partial charge in [0.1, 0.15) is 5.82 Å². The van der Waals surface area contributed by atoms with Crippen molar-refractivity contribution >= 4 is 29.2 Å². The Morgan fingerprint density at radius 2 is 2.25 bits per heavy atom. The molecule has 0 aliphatic carbocycles. The number of aliphatic hydroxyl groups is 1. The maximum absolute atomic E-state index is 13.5. The van der Waals surface area contributed by atoms with Crippen molar-refractivity contribution in [3.8, 4) is 0 Å². The van der Waals surface area contributed by atoms with E-state index in [2.05, 4.69) is 15.3 Å². The summed E-state index contributed by atoms with van der Waals surface area (Å²) in [5, 5.41) is 11.7. The second-order valence-electron chi connectivity index (χ2n) is 4.55. The predicted octanol–water partition coefficient (Wildman–Crippen LogP) is 2.26. The number of hydrogen-bond acceptors (Lipinski definition) is 3. The van der Waals surface area contributed by atoms with Crippen molar-refractivity contribution in [1.29, 1.82) is 0 Å². The van der Waals surface area contributed by atoms with Crippen LogP contribution in [-0.2, 0) is 0 Å². The van der Waals surface area contributed by atoms with Gasteiger partial charge < -0.3 is 20.4 Å². The molecule has 0 saturated carbocycles. The minimum atomic E-state index is -0.511. The number of aliphatic hydroxyl groups excluding tert-OH is 1. The first-order chi connectivity index (χ1) is 9.55. The molecule has 2 aromatic rings. The van der Waals surface area contributed by atoms with Gasteiger partial charge in [0.25, 0.3) is 5.91 Å². The molecule has 2 rings (SSSR count). The molecular weight excluding hydrogens is 281 g/mol. The number of carbonyl (C=O) groups excluding carboxylic acids is 1. The van der Waals surface area contributed by atoms with Gasteiger partial charge in [-0.15, -0.1) is 0 Å². The number of rotatable bonds is 5. The summed E-state index contributed by atoms with van der Waals surface area (Å²) in [6, 6.07) is 2.30. The predicted molar refractivity (Wildman–Crippen MR) is 76.7 cm³/mol. The third-order valence-corrected chi connectivity index (χ3v) is 3.34. The minimum Gasteiger partial charge on any atom is -0.396 e. The van der Waals surface area contributed by atoms with Crippen LogP contribution in [0.2, 0.25) is 0 Å². The second-order valence-corrected chi connectivity index (χ2v) is 4.95. The summed E-state index contributed by atoms with van der Waals surface area (Å²) in [5.74, 6) is -0.900. The van der Waals surface area contributed by atoms with Gasteiger partial charge in [-0.25, -0.2) is 4.39 Å². The zero-order chi connectivity index (χ0) is 14.7. The van der Waals surface area contributed by atoms with Gasteiger partial charge in [-0.2, -0.15) is 0 Å². The first-order valence-electron chi connectivity index (χ1n) is 6.38. The topological polar surface area (TPSA) is 80.9 Å². The van der Waals surface area contributed by atoms with Crippen LogP contribution >= 0.6 is 12.2 Å². The number of carbonyl (C=O) groups is 1. The molecule has 1 unspecified atom stereocenters. The lowest BCUT2D eigenvalue weighted by molar-refractivity contribution is 0.0930. The van der Waals surface area contributed by atoms with Gasteiger partial charge in [0.15, 0.2) is 4.77 Å². The fourth-order valence-corrected chi connectivity index (χ4v) is 2.30. The lowest BCUT2D eigenvalue weighted by Gasteiger charge is -2.16. The van der Waals surface area contributed by atoms with E-state index in [-0.39, 0.29) is 24.1 Å². The molecule has 108 valence electrons. The van der Waals surface area contributed by atoms with Gasteiger partial charge in [-0.3, -0.25) is 4.79 Å². The van der Waals surface area contributed by atoms with Gasteiger partial charge in [0, 0.05) is 12.6 Å². The van der Waals surface area contributed by atoms with Crippen molar-refractivity contribution in [2.45, 2.75) is 25.8 Å². The van der Waals surface area contributed by atoms with E-state index >= 15 is 0 Å². The molecule has 0 bridgehead atoms. The zero-order valence-corrected chi connectivity index (χ0v) is 11.8. The minimum absolute atomic E-state index is 0.00998. The standard InChI is InChI=1S/C13H16FN3O2S/c1-2-8(3-4-18)15-12(19)9-5-7(14)6-10-11(9)17-13(20)16-10/h5-6,8,18H,2-4H2,1H3,(H,15,19)(H2,16,17,20). The molecule has 0 aliphatic heterocycles. The quantitative estimate of drug-likeness (QED) is 0.639. The van der Waals surface area contributed by atoms with Crippen LogP contribution in [0, 0.1) is 10.6 Å². The maximum Gasteiger partial charge on any atom is 0.253 e. The van der Waals surface area contributed by atoms with E-state index in [4.69, 9.17) is 17.3 Å². The molecule has 0 spiro atoms. The number of nitrogens with one attached hydrogen (secondary N) is 3. The van der Waals surface area contributed by atoms with E-state index in [1.165, 1.54) is 12.1 Å².